The first kappa shape index (κ1) is 21.4. The zero-order valence-corrected chi connectivity index (χ0v) is 16.7. The summed E-state index contributed by atoms with van der Waals surface area (Å²) in [4.78, 5) is 23.6. The molecule has 2 aromatic rings. The van der Waals surface area contributed by atoms with Gasteiger partial charge in [0.1, 0.15) is 5.75 Å². The van der Waals surface area contributed by atoms with Gasteiger partial charge in [0.15, 0.2) is 0 Å². The van der Waals surface area contributed by atoms with Crippen molar-refractivity contribution in [1.82, 2.24) is 4.31 Å². The summed E-state index contributed by atoms with van der Waals surface area (Å²) in [7, 11) is -2.33. The second-order valence-corrected chi connectivity index (χ2v) is 7.85. The topological polar surface area (TPSA) is 105 Å². The standard InChI is InChI=1S/C19H23N3O5S/c1-4-22(28(25,26)18-10-8-17(27-3)9-11-18)13-19(24)21-16-7-5-6-15(12-16)20-14(2)23/h5-12H,4,13H2,1-3H3,(H,20,23)(H,21,24). The van der Waals surface area contributed by atoms with Crippen LogP contribution in [0.5, 0.6) is 5.75 Å². The lowest BCUT2D eigenvalue weighted by Crippen LogP contribution is -2.37. The van der Waals surface area contributed by atoms with E-state index in [2.05, 4.69) is 10.6 Å². The molecule has 28 heavy (non-hydrogen) atoms. The molecule has 0 saturated carbocycles. The van der Waals surface area contributed by atoms with Crippen LogP contribution in [0, 0.1) is 0 Å². The van der Waals surface area contributed by atoms with E-state index in [1.165, 1.54) is 26.2 Å². The molecule has 0 radical (unpaired) electrons. The third-order valence-electron chi connectivity index (χ3n) is 3.84. The van der Waals surface area contributed by atoms with E-state index in [0.717, 1.165) is 4.31 Å². The Morgan fingerprint density at radius 1 is 1.04 bits per heavy atom. The molecule has 2 rings (SSSR count). The minimum atomic E-state index is -3.83. The number of ether oxygens (including phenoxy) is 1. The molecule has 9 heteroatoms. The first-order chi connectivity index (χ1) is 13.3. The molecule has 0 aliphatic carbocycles. The van der Waals surface area contributed by atoms with Gasteiger partial charge in [-0.25, -0.2) is 8.42 Å². The molecule has 0 bridgehead atoms. The number of sulfonamides is 1. The lowest BCUT2D eigenvalue weighted by Gasteiger charge is -2.20. The summed E-state index contributed by atoms with van der Waals surface area (Å²) in [6.07, 6.45) is 0. The van der Waals surface area contributed by atoms with E-state index in [4.69, 9.17) is 4.74 Å². The number of likely N-dealkylation sites (N-methyl/N-ethyl adjacent to an activating group) is 1. The Balaban J connectivity index is 2.10. The molecule has 0 aliphatic heterocycles. The number of hydrogen-bond acceptors (Lipinski definition) is 5. The minimum absolute atomic E-state index is 0.0793. The van der Waals surface area contributed by atoms with E-state index < -0.39 is 15.9 Å². The van der Waals surface area contributed by atoms with E-state index in [1.54, 1.807) is 43.3 Å². The number of amides is 2. The Bertz CT molecular complexity index is 942. The Morgan fingerprint density at radius 3 is 2.18 bits per heavy atom. The SMILES string of the molecule is CCN(CC(=O)Nc1cccc(NC(C)=O)c1)S(=O)(=O)c1ccc(OC)cc1. The van der Waals surface area contributed by atoms with Gasteiger partial charge in [0, 0.05) is 24.8 Å². The quantitative estimate of drug-likeness (QED) is 0.701. The number of hydrogen-bond donors (Lipinski definition) is 2. The summed E-state index contributed by atoms with van der Waals surface area (Å²) in [5.74, 6) is -0.177. The van der Waals surface area contributed by atoms with Gasteiger partial charge in [0.2, 0.25) is 21.8 Å². The van der Waals surface area contributed by atoms with Crippen LogP contribution >= 0.6 is 0 Å². The van der Waals surface area contributed by atoms with Gasteiger partial charge in [-0.15, -0.1) is 0 Å². The van der Waals surface area contributed by atoms with Gasteiger partial charge in [-0.1, -0.05) is 13.0 Å². The van der Waals surface area contributed by atoms with Crippen LogP contribution in [-0.2, 0) is 19.6 Å². The summed E-state index contributed by atoms with van der Waals surface area (Å²) in [5.41, 5.74) is 0.984. The molecule has 0 heterocycles. The molecular formula is C19H23N3O5S. The lowest BCUT2D eigenvalue weighted by molar-refractivity contribution is -0.116. The number of methoxy groups -OCH3 is 1. The van der Waals surface area contributed by atoms with Gasteiger partial charge >= 0.3 is 0 Å². The van der Waals surface area contributed by atoms with Crippen LogP contribution in [0.4, 0.5) is 11.4 Å². The molecular weight excluding hydrogens is 382 g/mol. The van der Waals surface area contributed by atoms with Gasteiger partial charge in [-0.2, -0.15) is 4.31 Å². The number of carbonyl (C=O) groups is 2. The van der Waals surface area contributed by atoms with Crippen LogP contribution < -0.4 is 15.4 Å². The molecule has 150 valence electrons. The molecule has 2 amide bonds. The van der Waals surface area contributed by atoms with Crippen molar-refractivity contribution in [3.05, 3.63) is 48.5 Å². The van der Waals surface area contributed by atoms with Crippen molar-refractivity contribution in [2.45, 2.75) is 18.7 Å². The number of anilines is 2. The summed E-state index contributed by atoms with van der Waals surface area (Å²) < 4.78 is 31.7. The van der Waals surface area contributed by atoms with Gasteiger partial charge in [-0.05, 0) is 42.5 Å². The van der Waals surface area contributed by atoms with Crippen LogP contribution in [0.1, 0.15) is 13.8 Å². The van der Waals surface area contributed by atoms with Crippen molar-refractivity contribution in [1.29, 1.82) is 0 Å². The molecule has 8 nitrogen and oxygen atoms in total. The molecule has 0 atom stereocenters. The molecule has 0 unspecified atom stereocenters. The average molecular weight is 405 g/mol. The van der Waals surface area contributed by atoms with E-state index in [0.29, 0.717) is 17.1 Å². The molecule has 0 fully saturated rings. The number of nitrogens with zero attached hydrogens (tertiary/aromatic N) is 1. The largest absolute Gasteiger partial charge is 0.497 e. The second kappa shape index (κ2) is 9.34. The first-order valence-corrected chi connectivity index (χ1v) is 10.0. The first-order valence-electron chi connectivity index (χ1n) is 8.58. The molecule has 0 aromatic heterocycles. The van der Waals surface area contributed by atoms with Gasteiger partial charge in [-0.3, -0.25) is 9.59 Å². The van der Waals surface area contributed by atoms with Gasteiger partial charge in [0.05, 0.1) is 18.6 Å². The second-order valence-electron chi connectivity index (χ2n) is 5.92. The summed E-state index contributed by atoms with van der Waals surface area (Å²) in [5, 5.41) is 5.26. The zero-order chi connectivity index (χ0) is 20.7. The van der Waals surface area contributed by atoms with Crippen LogP contribution in [0.15, 0.2) is 53.4 Å². The molecule has 0 saturated heterocycles. The maximum atomic E-state index is 12.8. The highest BCUT2D eigenvalue weighted by Crippen LogP contribution is 2.20. The highest BCUT2D eigenvalue weighted by Gasteiger charge is 2.25. The number of carbonyl (C=O) groups excluding carboxylic acids is 2. The number of rotatable bonds is 8. The predicted molar refractivity (Wildman–Crippen MR) is 107 cm³/mol. The van der Waals surface area contributed by atoms with E-state index in [1.807, 2.05) is 0 Å². The lowest BCUT2D eigenvalue weighted by atomic mass is 10.2. The van der Waals surface area contributed by atoms with Crippen molar-refractivity contribution >= 4 is 33.2 Å². The van der Waals surface area contributed by atoms with Crippen molar-refractivity contribution in [2.75, 3.05) is 30.8 Å². The van der Waals surface area contributed by atoms with Crippen molar-refractivity contribution in [3.63, 3.8) is 0 Å². The van der Waals surface area contributed by atoms with Crippen molar-refractivity contribution < 1.29 is 22.7 Å². The van der Waals surface area contributed by atoms with E-state index in [-0.39, 0.29) is 23.9 Å². The third-order valence-corrected chi connectivity index (χ3v) is 5.77. The van der Waals surface area contributed by atoms with Crippen molar-refractivity contribution in [3.8, 4) is 5.75 Å². The fourth-order valence-electron chi connectivity index (χ4n) is 2.50. The van der Waals surface area contributed by atoms with Crippen LogP contribution in [0.2, 0.25) is 0 Å². The molecule has 2 aromatic carbocycles. The Labute approximate surface area is 164 Å². The maximum Gasteiger partial charge on any atom is 0.243 e. The van der Waals surface area contributed by atoms with Crippen LogP contribution in [-0.4, -0.2) is 44.7 Å². The molecule has 2 N–H and O–H groups in total. The normalized spacial score (nSPS) is 11.1. The third kappa shape index (κ3) is 5.54. The minimum Gasteiger partial charge on any atom is -0.497 e. The molecule has 0 spiro atoms. The summed E-state index contributed by atoms with van der Waals surface area (Å²) in [6, 6.07) is 12.6. The Hall–Kier alpha value is -2.91. The average Bonchev–Trinajstić information content (AvgIpc) is 2.65. The fourth-order valence-corrected chi connectivity index (χ4v) is 3.91. The zero-order valence-electron chi connectivity index (χ0n) is 15.9. The van der Waals surface area contributed by atoms with Gasteiger partial charge in [0.25, 0.3) is 0 Å². The maximum absolute atomic E-state index is 12.8. The van der Waals surface area contributed by atoms with Crippen molar-refractivity contribution in [2.24, 2.45) is 0 Å². The highest BCUT2D eigenvalue weighted by molar-refractivity contribution is 7.89. The number of benzene rings is 2. The summed E-state index contributed by atoms with van der Waals surface area (Å²) in [6.45, 7) is 2.84. The Kier molecular flexibility index (Phi) is 7.13. The smallest absolute Gasteiger partial charge is 0.243 e. The van der Waals surface area contributed by atoms with E-state index in [9.17, 15) is 18.0 Å². The van der Waals surface area contributed by atoms with E-state index >= 15 is 0 Å². The number of nitrogens with one attached hydrogen (secondary N) is 2. The fraction of sp³-hybridized carbons (Fsp3) is 0.263. The van der Waals surface area contributed by atoms with Gasteiger partial charge < -0.3 is 15.4 Å². The molecule has 0 aliphatic rings. The van der Waals surface area contributed by atoms with Crippen LogP contribution in [0.3, 0.4) is 0 Å². The summed E-state index contributed by atoms with van der Waals surface area (Å²) >= 11 is 0. The highest BCUT2D eigenvalue weighted by atomic mass is 32.2. The monoisotopic (exact) mass is 405 g/mol. The predicted octanol–water partition coefficient (Wildman–Crippen LogP) is 2.30. The van der Waals surface area contributed by atoms with Crippen LogP contribution in [0.25, 0.3) is 0 Å². The Morgan fingerprint density at radius 2 is 1.64 bits per heavy atom.